The second kappa shape index (κ2) is 5.48. The van der Waals surface area contributed by atoms with Crippen LogP contribution in [0.15, 0.2) is 16.6 Å². The van der Waals surface area contributed by atoms with Gasteiger partial charge in [-0.2, -0.15) is 0 Å². The number of phenolic OH excluding ortho intramolecular Hbond substituents is 1. The summed E-state index contributed by atoms with van der Waals surface area (Å²) in [7, 11) is 1.40. The zero-order chi connectivity index (χ0) is 14.2. The van der Waals surface area contributed by atoms with Crippen LogP contribution in [0.1, 0.15) is 0 Å². The quantitative estimate of drug-likeness (QED) is 0.813. The van der Waals surface area contributed by atoms with E-state index in [4.69, 9.17) is 27.9 Å². The standard InChI is InChI=1S/C11H6BrCl2FN2O2/c1-19-6-3-4(2-5(12)8(6)18)11-16-9(13)7(15)10(14)17-11/h2-3,18H,1H3. The summed E-state index contributed by atoms with van der Waals surface area (Å²) in [6.07, 6.45) is 0. The third-order valence-corrected chi connectivity index (χ3v) is 3.38. The summed E-state index contributed by atoms with van der Waals surface area (Å²) in [5, 5.41) is 8.94. The number of ether oxygens (including phenoxy) is 1. The molecule has 0 unspecified atom stereocenters. The molecule has 0 aliphatic rings. The molecular formula is C11H6BrCl2FN2O2. The van der Waals surface area contributed by atoms with E-state index in [1.54, 1.807) is 0 Å². The van der Waals surface area contributed by atoms with Crippen molar-refractivity contribution in [2.24, 2.45) is 0 Å². The summed E-state index contributed by atoms with van der Waals surface area (Å²) in [6.45, 7) is 0. The molecule has 0 saturated heterocycles. The van der Waals surface area contributed by atoms with Gasteiger partial charge in [-0.25, -0.2) is 14.4 Å². The third-order valence-electron chi connectivity index (χ3n) is 2.28. The molecule has 19 heavy (non-hydrogen) atoms. The van der Waals surface area contributed by atoms with E-state index >= 15 is 0 Å². The predicted molar refractivity (Wildman–Crippen MR) is 73.4 cm³/mol. The number of methoxy groups -OCH3 is 1. The Bertz CT molecular complexity index is 632. The van der Waals surface area contributed by atoms with Gasteiger partial charge >= 0.3 is 0 Å². The lowest BCUT2D eigenvalue weighted by molar-refractivity contribution is 0.372. The molecule has 4 nitrogen and oxygen atoms in total. The Balaban J connectivity index is 2.62. The first-order valence-corrected chi connectivity index (χ1v) is 6.44. The Morgan fingerprint density at radius 1 is 1.26 bits per heavy atom. The number of nitrogens with zero attached hydrogens (tertiary/aromatic N) is 2. The van der Waals surface area contributed by atoms with E-state index in [1.807, 2.05) is 0 Å². The molecule has 0 amide bonds. The van der Waals surface area contributed by atoms with Crippen molar-refractivity contribution in [3.8, 4) is 22.9 Å². The molecule has 100 valence electrons. The van der Waals surface area contributed by atoms with Crippen LogP contribution in [0.5, 0.6) is 11.5 Å². The maximum atomic E-state index is 13.3. The van der Waals surface area contributed by atoms with Crippen LogP contribution < -0.4 is 4.74 Å². The van der Waals surface area contributed by atoms with Crippen molar-refractivity contribution in [1.29, 1.82) is 0 Å². The highest BCUT2D eigenvalue weighted by molar-refractivity contribution is 9.10. The SMILES string of the molecule is COc1cc(-c2nc(Cl)c(F)c(Cl)n2)cc(Br)c1O. The molecule has 0 bridgehead atoms. The molecule has 8 heteroatoms. The van der Waals surface area contributed by atoms with Crippen LogP contribution >= 0.6 is 39.1 Å². The number of hydrogen-bond donors (Lipinski definition) is 1. The molecule has 0 aliphatic carbocycles. The molecule has 2 rings (SSSR count). The van der Waals surface area contributed by atoms with Crippen molar-refractivity contribution in [1.82, 2.24) is 9.97 Å². The van der Waals surface area contributed by atoms with E-state index in [2.05, 4.69) is 25.9 Å². The predicted octanol–water partition coefficient (Wildman–Crippen LogP) is 4.07. The molecule has 0 aliphatic heterocycles. The number of rotatable bonds is 2. The molecule has 0 fully saturated rings. The highest BCUT2D eigenvalue weighted by Crippen LogP contribution is 2.38. The monoisotopic (exact) mass is 366 g/mol. The van der Waals surface area contributed by atoms with Crippen LogP contribution in [0.4, 0.5) is 4.39 Å². The Kier molecular flexibility index (Phi) is 4.13. The summed E-state index contributed by atoms with van der Waals surface area (Å²) in [6, 6.07) is 3.03. The smallest absolute Gasteiger partial charge is 0.197 e. The van der Waals surface area contributed by atoms with Crippen molar-refractivity contribution >= 4 is 39.1 Å². The summed E-state index contributed by atoms with van der Waals surface area (Å²) >= 11 is 14.4. The van der Waals surface area contributed by atoms with Gasteiger partial charge in [0.05, 0.1) is 11.6 Å². The van der Waals surface area contributed by atoms with Crippen LogP contribution in [0, 0.1) is 5.82 Å². The highest BCUT2D eigenvalue weighted by Gasteiger charge is 2.15. The molecule has 0 radical (unpaired) electrons. The highest BCUT2D eigenvalue weighted by atomic mass is 79.9. The first kappa shape index (κ1) is 14.3. The molecule has 0 spiro atoms. The topological polar surface area (TPSA) is 55.2 Å². The van der Waals surface area contributed by atoms with Crippen molar-refractivity contribution in [3.63, 3.8) is 0 Å². The Hall–Kier alpha value is -1.11. The fourth-order valence-corrected chi connectivity index (χ4v) is 2.21. The minimum Gasteiger partial charge on any atom is -0.503 e. The van der Waals surface area contributed by atoms with E-state index in [0.29, 0.717) is 10.0 Å². The fourth-order valence-electron chi connectivity index (χ4n) is 1.38. The molecule has 1 aromatic heterocycles. The Morgan fingerprint density at radius 3 is 2.37 bits per heavy atom. The summed E-state index contributed by atoms with van der Waals surface area (Å²) in [4.78, 5) is 7.57. The molecule has 1 N–H and O–H groups in total. The van der Waals surface area contributed by atoms with E-state index in [9.17, 15) is 9.50 Å². The minimum absolute atomic E-state index is 0.0643. The first-order chi connectivity index (χ1) is 8.93. The van der Waals surface area contributed by atoms with Gasteiger partial charge in [0.2, 0.25) is 0 Å². The van der Waals surface area contributed by atoms with Crippen molar-refractivity contribution in [3.05, 3.63) is 32.7 Å². The number of halogens is 4. The van der Waals surface area contributed by atoms with Gasteiger partial charge < -0.3 is 9.84 Å². The van der Waals surface area contributed by atoms with Crippen LogP contribution in [0.25, 0.3) is 11.4 Å². The molecular weight excluding hydrogens is 362 g/mol. The van der Waals surface area contributed by atoms with Crippen LogP contribution in [0.2, 0.25) is 10.3 Å². The van der Waals surface area contributed by atoms with Gasteiger partial charge in [-0.1, -0.05) is 23.2 Å². The number of phenols is 1. The van der Waals surface area contributed by atoms with Crippen LogP contribution in [0.3, 0.4) is 0 Å². The number of benzene rings is 1. The summed E-state index contributed by atoms with van der Waals surface area (Å²) < 4.78 is 18.6. The van der Waals surface area contributed by atoms with Gasteiger partial charge in [0.15, 0.2) is 33.4 Å². The van der Waals surface area contributed by atoms with E-state index in [-0.39, 0.29) is 27.6 Å². The Labute approximate surface area is 126 Å². The Morgan fingerprint density at radius 2 is 1.84 bits per heavy atom. The molecule has 0 atom stereocenters. The lowest BCUT2D eigenvalue weighted by Gasteiger charge is -2.08. The van der Waals surface area contributed by atoms with Gasteiger partial charge in [-0.3, -0.25) is 0 Å². The zero-order valence-corrected chi connectivity index (χ0v) is 12.5. The van der Waals surface area contributed by atoms with Crippen molar-refractivity contribution < 1.29 is 14.2 Å². The lowest BCUT2D eigenvalue weighted by Crippen LogP contribution is -1.95. The van der Waals surface area contributed by atoms with Gasteiger partial charge in [-0.05, 0) is 28.1 Å². The molecule has 0 saturated carbocycles. The average Bonchev–Trinajstić information content (AvgIpc) is 2.38. The maximum Gasteiger partial charge on any atom is 0.197 e. The summed E-state index contributed by atoms with van der Waals surface area (Å²) in [5.41, 5.74) is 0.463. The zero-order valence-electron chi connectivity index (χ0n) is 9.42. The van der Waals surface area contributed by atoms with E-state index in [0.717, 1.165) is 0 Å². The summed E-state index contributed by atoms with van der Waals surface area (Å²) in [5.74, 6) is -0.609. The lowest BCUT2D eigenvalue weighted by atomic mass is 10.2. The van der Waals surface area contributed by atoms with Gasteiger partial charge in [0, 0.05) is 5.56 Å². The van der Waals surface area contributed by atoms with Crippen molar-refractivity contribution in [2.45, 2.75) is 0 Å². The van der Waals surface area contributed by atoms with Crippen molar-refractivity contribution in [2.75, 3.05) is 7.11 Å². The first-order valence-electron chi connectivity index (χ1n) is 4.89. The minimum atomic E-state index is -0.878. The molecule has 2 aromatic rings. The van der Waals surface area contributed by atoms with Gasteiger partial charge in [-0.15, -0.1) is 0 Å². The number of aromatic nitrogens is 2. The second-order valence-electron chi connectivity index (χ2n) is 3.45. The molecule has 1 heterocycles. The van der Waals surface area contributed by atoms with Crippen LogP contribution in [-0.2, 0) is 0 Å². The van der Waals surface area contributed by atoms with Gasteiger partial charge in [0.1, 0.15) is 0 Å². The molecule has 1 aromatic carbocycles. The average molecular weight is 368 g/mol. The van der Waals surface area contributed by atoms with E-state index < -0.39 is 5.82 Å². The fraction of sp³-hybridized carbons (Fsp3) is 0.0909. The number of aromatic hydroxyl groups is 1. The normalized spacial score (nSPS) is 10.6. The van der Waals surface area contributed by atoms with Gasteiger partial charge in [0.25, 0.3) is 0 Å². The second-order valence-corrected chi connectivity index (χ2v) is 5.02. The third kappa shape index (κ3) is 2.75. The largest absolute Gasteiger partial charge is 0.503 e. The maximum absolute atomic E-state index is 13.3. The van der Waals surface area contributed by atoms with Crippen LogP contribution in [-0.4, -0.2) is 22.2 Å². The van der Waals surface area contributed by atoms with E-state index in [1.165, 1.54) is 19.2 Å². The number of hydrogen-bond acceptors (Lipinski definition) is 4.